The van der Waals surface area contributed by atoms with Crippen molar-refractivity contribution < 1.29 is 90.6 Å². The van der Waals surface area contributed by atoms with Gasteiger partial charge >= 0.3 is 35.4 Å². The zero-order valence-electron chi connectivity index (χ0n) is 37.7. The number of rotatable bonds is 40. The van der Waals surface area contributed by atoms with E-state index in [1.807, 2.05) is 0 Å². The van der Waals surface area contributed by atoms with Gasteiger partial charge in [0.25, 0.3) is 0 Å². The van der Waals surface area contributed by atoms with E-state index in [0.29, 0.717) is 12.8 Å². The molecule has 1 aliphatic carbocycles. The molecule has 1 aliphatic rings. The van der Waals surface area contributed by atoms with Gasteiger partial charge in [0.15, 0.2) is 6.10 Å². The lowest BCUT2D eigenvalue weighted by Crippen LogP contribution is -2.65. The highest BCUT2D eigenvalue weighted by atomic mass is 31.2. The van der Waals surface area contributed by atoms with E-state index in [0.717, 1.165) is 51.4 Å². The maximum atomic E-state index is 13.1. The first-order valence-corrected chi connectivity index (χ1v) is 27.9. The number of ether oxygens (including phenoxy) is 2. The smallest absolute Gasteiger partial charge is 0.462 e. The Kier molecular flexibility index (Phi) is 32.9. The number of phosphoric acid groups is 3. The van der Waals surface area contributed by atoms with Gasteiger partial charge in [-0.1, -0.05) is 168 Å². The molecule has 8 N–H and O–H groups in total. The van der Waals surface area contributed by atoms with E-state index >= 15 is 0 Å². The van der Waals surface area contributed by atoms with E-state index in [4.69, 9.17) is 18.5 Å². The van der Waals surface area contributed by atoms with Crippen molar-refractivity contribution in [3.8, 4) is 0 Å². The minimum absolute atomic E-state index is 0.00556. The molecule has 1 unspecified atom stereocenters. The van der Waals surface area contributed by atoms with Gasteiger partial charge in [-0.3, -0.25) is 27.7 Å². The molecule has 0 saturated heterocycles. The van der Waals surface area contributed by atoms with Gasteiger partial charge in [0.2, 0.25) is 0 Å². The Balaban J connectivity index is 2.74. The molecule has 1 fully saturated rings. The predicted octanol–water partition coefficient (Wildman–Crippen LogP) is 7.96. The van der Waals surface area contributed by atoms with Crippen LogP contribution in [0.4, 0.5) is 0 Å². The first-order chi connectivity index (χ1) is 29.8. The van der Waals surface area contributed by atoms with Crippen LogP contribution in [0.1, 0.15) is 194 Å². The van der Waals surface area contributed by atoms with Crippen molar-refractivity contribution >= 4 is 35.4 Å². The first kappa shape index (κ1) is 60.2. The number of hydrogen-bond donors (Lipinski definition) is 8. The van der Waals surface area contributed by atoms with Crippen LogP contribution in [0.5, 0.6) is 0 Å². The molecule has 0 aliphatic heterocycles. The summed E-state index contributed by atoms with van der Waals surface area (Å²) in [7, 11) is -16.6. The van der Waals surface area contributed by atoms with Crippen molar-refractivity contribution in [1.29, 1.82) is 0 Å². The number of carbonyl (C=O) groups is 2. The molecule has 0 aromatic rings. The second-order valence-corrected chi connectivity index (χ2v) is 20.5. The second-order valence-electron chi connectivity index (χ2n) is 16.7. The third-order valence-corrected chi connectivity index (χ3v) is 12.9. The van der Waals surface area contributed by atoms with E-state index in [9.17, 15) is 63.1 Å². The van der Waals surface area contributed by atoms with Crippen molar-refractivity contribution in [2.75, 3.05) is 13.2 Å². The highest BCUT2D eigenvalue weighted by Gasteiger charge is 2.56. The Labute approximate surface area is 374 Å². The summed E-state index contributed by atoms with van der Waals surface area (Å²) in [5.74, 6) is -1.28. The molecule has 0 aromatic carbocycles. The zero-order chi connectivity index (χ0) is 47.2. The summed E-state index contributed by atoms with van der Waals surface area (Å²) in [5, 5.41) is 31.8. The Morgan fingerprint density at radius 2 is 0.778 bits per heavy atom. The fourth-order valence-corrected chi connectivity index (χ4v) is 9.50. The van der Waals surface area contributed by atoms with E-state index in [1.54, 1.807) is 0 Å². The van der Waals surface area contributed by atoms with Gasteiger partial charge < -0.3 is 49.3 Å². The minimum atomic E-state index is -5.59. The maximum Gasteiger partial charge on any atom is 0.472 e. The number of phosphoric ester groups is 3. The van der Waals surface area contributed by atoms with Crippen LogP contribution in [0.15, 0.2) is 0 Å². The normalized spacial score (nSPS) is 22.1. The summed E-state index contributed by atoms with van der Waals surface area (Å²) in [6, 6.07) is 0. The Hall–Kier alpha value is -0.850. The van der Waals surface area contributed by atoms with Crippen molar-refractivity contribution in [2.45, 2.75) is 236 Å². The quantitative estimate of drug-likeness (QED) is 0.0164. The van der Waals surface area contributed by atoms with E-state index in [-0.39, 0.29) is 12.8 Å². The lowest BCUT2D eigenvalue weighted by atomic mass is 9.85. The van der Waals surface area contributed by atoms with Crippen LogP contribution in [0.3, 0.4) is 0 Å². The largest absolute Gasteiger partial charge is 0.472 e. The molecular formula is C41H81O19P3. The van der Waals surface area contributed by atoms with Gasteiger partial charge in [-0.05, 0) is 12.8 Å². The molecular weight excluding hydrogens is 889 g/mol. The van der Waals surface area contributed by atoms with E-state index in [2.05, 4.69) is 22.9 Å². The summed E-state index contributed by atoms with van der Waals surface area (Å²) in [4.78, 5) is 73.1. The van der Waals surface area contributed by atoms with Crippen LogP contribution in [-0.2, 0) is 50.9 Å². The standard InChI is InChI=1S/C41H81O19P3/c1-3-5-7-9-11-13-15-17-19-21-23-25-27-29-34(42)55-31-33(57-35(43)30-28-26-24-22-20-18-16-14-12-10-8-6-4-2)32-56-63(53,54)60-39-36(44)37(45)40(58-61(47,48)49)41(38(39)46)59-62(50,51)52/h33,36-41,44-46H,3-32H2,1-2H3,(H,53,54)(H2,47,48,49)(H2,50,51,52)/t33-,36-,37+,38-,39-,40-,41-/m1/s1. The Bertz CT molecular complexity index is 1350. The van der Waals surface area contributed by atoms with Gasteiger partial charge in [0, 0.05) is 12.8 Å². The molecule has 0 aromatic heterocycles. The highest BCUT2D eigenvalue weighted by molar-refractivity contribution is 7.47. The third-order valence-electron chi connectivity index (χ3n) is 10.9. The van der Waals surface area contributed by atoms with Crippen LogP contribution < -0.4 is 0 Å². The lowest BCUT2D eigenvalue weighted by molar-refractivity contribution is -0.213. The Morgan fingerprint density at radius 1 is 0.444 bits per heavy atom. The number of hydrogen-bond acceptors (Lipinski definition) is 14. The number of unbranched alkanes of at least 4 members (excludes halogenated alkanes) is 24. The summed E-state index contributed by atoms with van der Waals surface area (Å²) in [6.07, 6.45) is 12.7. The second kappa shape index (κ2) is 34.4. The van der Waals surface area contributed by atoms with Gasteiger partial charge in [0.05, 0.1) is 6.61 Å². The van der Waals surface area contributed by atoms with Gasteiger partial charge in [0.1, 0.15) is 43.2 Å². The molecule has 1 saturated carbocycles. The summed E-state index contributed by atoms with van der Waals surface area (Å²) in [6.45, 7) is 2.94. The van der Waals surface area contributed by atoms with Gasteiger partial charge in [-0.15, -0.1) is 0 Å². The summed E-state index contributed by atoms with van der Waals surface area (Å²) in [5.41, 5.74) is 0. The molecule has 0 bridgehead atoms. The molecule has 1 rings (SSSR count). The third kappa shape index (κ3) is 30.9. The first-order valence-electron chi connectivity index (χ1n) is 23.3. The van der Waals surface area contributed by atoms with Gasteiger partial charge in [-0.25, -0.2) is 13.7 Å². The van der Waals surface area contributed by atoms with Crippen LogP contribution >= 0.6 is 23.5 Å². The fourth-order valence-electron chi connectivity index (χ4n) is 7.41. The molecule has 0 radical (unpaired) electrons. The lowest BCUT2D eigenvalue weighted by Gasteiger charge is -2.44. The Morgan fingerprint density at radius 3 is 1.16 bits per heavy atom. The zero-order valence-corrected chi connectivity index (χ0v) is 40.3. The number of aliphatic hydroxyl groups excluding tert-OH is 3. The van der Waals surface area contributed by atoms with Crippen molar-refractivity contribution in [2.24, 2.45) is 0 Å². The summed E-state index contributed by atoms with van der Waals surface area (Å²) >= 11 is 0. The topological polar surface area (TPSA) is 303 Å². The molecule has 0 spiro atoms. The molecule has 0 amide bonds. The van der Waals surface area contributed by atoms with E-state index in [1.165, 1.54) is 103 Å². The number of aliphatic hydroxyl groups is 3. The fraction of sp³-hybridized carbons (Fsp3) is 0.951. The minimum Gasteiger partial charge on any atom is -0.462 e. The highest BCUT2D eigenvalue weighted by Crippen LogP contribution is 2.51. The monoisotopic (exact) mass is 970 g/mol. The SMILES string of the molecule is CCCCCCCCCCCCCCCC(=O)OC[C@H](COP(=O)(O)O[C@@H]1[C@H](O)[C@H](O)[C@@H](OP(=O)(O)O)[C@H](OP(=O)(O)O)[C@@H]1O)OC(=O)CCCCCCCCCCCCCCC. The van der Waals surface area contributed by atoms with Crippen molar-refractivity contribution in [3.05, 3.63) is 0 Å². The van der Waals surface area contributed by atoms with Crippen molar-refractivity contribution in [3.63, 3.8) is 0 Å². The average Bonchev–Trinajstić information content (AvgIpc) is 3.20. The van der Waals surface area contributed by atoms with Crippen LogP contribution in [0.2, 0.25) is 0 Å². The molecule has 8 atom stereocenters. The number of carbonyl (C=O) groups excluding carboxylic acids is 2. The molecule has 22 heteroatoms. The molecule has 374 valence electrons. The molecule has 0 heterocycles. The van der Waals surface area contributed by atoms with Crippen LogP contribution in [-0.4, -0.2) is 108 Å². The van der Waals surface area contributed by atoms with Gasteiger partial charge in [-0.2, -0.15) is 0 Å². The van der Waals surface area contributed by atoms with Crippen LogP contribution in [0.25, 0.3) is 0 Å². The maximum absolute atomic E-state index is 13.1. The average molecular weight is 971 g/mol. The molecule has 19 nitrogen and oxygen atoms in total. The number of esters is 2. The predicted molar refractivity (Wildman–Crippen MR) is 234 cm³/mol. The van der Waals surface area contributed by atoms with Crippen molar-refractivity contribution in [1.82, 2.24) is 0 Å². The van der Waals surface area contributed by atoms with E-state index < -0.39 is 91.3 Å². The van der Waals surface area contributed by atoms with Crippen LogP contribution in [0, 0.1) is 0 Å². The molecule has 63 heavy (non-hydrogen) atoms. The summed E-state index contributed by atoms with van der Waals surface area (Å²) < 4.78 is 65.4.